The van der Waals surface area contributed by atoms with Crippen molar-refractivity contribution in [2.45, 2.75) is 35.3 Å². The normalized spacial score (nSPS) is 18.2. The van der Waals surface area contributed by atoms with E-state index in [1.165, 1.54) is 31.4 Å². The molecule has 1 saturated carbocycles. The van der Waals surface area contributed by atoms with Gasteiger partial charge in [-0.25, -0.2) is 8.42 Å². The number of sulfone groups is 1. The van der Waals surface area contributed by atoms with Gasteiger partial charge in [-0.05, 0) is 37.1 Å². The third-order valence-corrected chi connectivity index (χ3v) is 6.36. The standard InChI is InChI=1S/C13H15ClO4S/c1-18-12(15)13(8-2-3-9-13)19(16,17)11-6-4-10(14)5-7-11/h4-7H,2-3,8-9H2,1H3. The molecular formula is C13H15ClO4S. The Bertz CT molecular complexity index is 571. The highest BCUT2D eigenvalue weighted by Gasteiger charge is 2.54. The summed E-state index contributed by atoms with van der Waals surface area (Å²) in [4.78, 5) is 12.1. The molecule has 0 unspecified atom stereocenters. The average Bonchev–Trinajstić information content (AvgIpc) is 2.89. The van der Waals surface area contributed by atoms with Crippen molar-refractivity contribution in [2.24, 2.45) is 0 Å². The number of rotatable bonds is 3. The van der Waals surface area contributed by atoms with Crippen LogP contribution in [0.3, 0.4) is 0 Å². The largest absolute Gasteiger partial charge is 0.468 e. The summed E-state index contributed by atoms with van der Waals surface area (Å²) in [6.07, 6.45) is 2.04. The van der Waals surface area contributed by atoms with Crippen LogP contribution in [0.15, 0.2) is 29.2 Å². The Morgan fingerprint density at radius 2 is 1.74 bits per heavy atom. The first-order valence-corrected chi connectivity index (χ1v) is 7.89. The highest BCUT2D eigenvalue weighted by molar-refractivity contribution is 7.93. The first kappa shape index (κ1) is 14.3. The van der Waals surface area contributed by atoms with Crippen molar-refractivity contribution in [1.29, 1.82) is 0 Å². The number of halogens is 1. The number of ether oxygens (including phenoxy) is 1. The summed E-state index contributed by atoms with van der Waals surface area (Å²) in [6.45, 7) is 0. The van der Waals surface area contributed by atoms with Crippen LogP contribution in [0.4, 0.5) is 0 Å². The van der Waals surface area contributed by atoms with Gasteiger partial charge in [0, 0.05) is 5.02 Å². The molecule has 0 aliphatic heterocycles. The van der Waals surface area contributed by atoms with E-state index < -0.39 is 20.6 Å². The van der Waals surface area contributed by atoms with Gasteiger partial charge in [-0.15, -0.1) is 0 Å². The van der Waals surface area contributed by atoms with Crippen LogP contribution in [0.2, 0.25) is 5.02 Å². The topological polar surface area (TPSA) is 60.4 Å². The van der Waals surface area contributed by atoms with E-state index in [1.807, 2.05) is 0 Å². The Labute approximate surface area is 117 Å². The first-order valence-electron chi connectivity index (χ1n) is 6.03. The Hall–Kier alpha value is -1.07. The Morgan fingerprint density at radius 3 is 2.21 bits per heavy atom. The van der Waals surface area contributed by atoms with Crippen LogP contribution >= 0.6 is 11.6 Å². The number of methoxy groups -OCH3 is 1. The highest BCUT2D eigenvalue weighted by atomic mass is 35.5. The molecule has 0 amide bonds. The van der Waals surface area contributed by atoms with E-state index in [4.69, 9.17) is 16.3 Å². The quantitative estimate of drug-likeness (QED) is 0.805. The SMILES string of the molecule is COC(=O)C1(S(=O)(=O)c2ccc(Cl)cc2)CCCC1. The molecular weight excluding hydrogens is 288 g/mol. The molecule has 0 heterocycles. The van der Waals surface area contributed by atoms with Crippen molar-refractivity contribution in [3.63, 3.8) is 0 Å². The third kappa shape index (κ3) is 2.25. The zero-order valence-corrected chi connectivity index (χ0v) is 12.1. The molecule has 0 spiro atoms. The molecule has 19 heavy (non-hydrogen) atoms. The van der Waals surface area contributed by atoms with Gasteiger partial charge in [0.25, 0.3) is 0 Å². The van der Waals surface area contributed by atoms with Crippen molar-refractivity contribution >= 4 is 27.4 Å². The molecule has 0 atom stereocenters. The van der Waals surface area contributed by atoms with Crippen molar-refractivity contribution in [3.05, 3.63) is 29.3 Å². The smallest absolute Gasteiger partial charge is 0.327 e. The highest BCUT2D eigenvalue weighted by Crippen LogP contribution is 2.41. The average molecular weight is 303 g/mol. The third-order valence-electron chi connectivity index (χ3n) is 3.61. The van der Waals surface area contributed by atoms with Crippen molar-refractivity contribution < 1.29 is 17.9 Å². The molecule has 0 saturated heterocycles. The van der Waals surface area contributed by atoms with Crippen LogP contribution in [0.25, 0.3) is 0 Å². The predicted molar refractivity (Wildman–Crippen MR) is 71.9 cm³/mol. The van der Waals surface area contributed by atoms with Gasteiger partial charge in [0.2, 0.25) is 0 Å². The van der Waals surface area contributed by atoms with E-state index in [1.54, 1.807) is 0 Å². The molecule has 0 N–H and O–H groups in total. The lowest BCUT2D eigenvalue weighted by Crippen LogP contribution is -2.44. The molecule has 104 valence electrons. The van der Waals surface area contributed by atoms with Crippen LogP contribution in [0.5, 0.6) is 0 Å². The lowest BCUT2D eigenvalue weighted by atomic mass is 10.1. The minimum absolute atomic E-state index is 0.115. The number of esters is 1. The van der Waals surface area contributed by atoms with Crippen LogP contribution in [-0.4, -0.2) is 26.2 Å². The minimum Gasteiger partial charge on any atom is -0.468 e. The fraction of sp³-hybridized carbons (Fsp3) is 0.462. The molecule has 0 radical (unpaired) electrons. The van der Waals surface area contributed by atoms with Gasteiger partial charge in [-0.3, -0.25) is 4.79 Å². The zero-order valence-electron chi connectivity index (χ0n) is 10.6. The first-order chi connectivity index (χ1) is 8.94. The van der Waals surface area contributed by atoms with E-state index in [0.717, 1.165) is 0 Å². The van der Waals surface area contributed by atoms with Crippen molar-refractivity contribution in [2.75, 3.05) is 7.11 Å². The predicted octanol–water partition coefficient (Wildman–Crippen LogP) is 2.60. The van der Waals surface area contributed by atoms with Gasteiger partial charge < -0.3 is 4.74 Å². The molecule has 0 bridgehead atoms. The Balaban J connectivity index is 2.52. The Morgan fingerprint density at radius 1 is 1.21 bits per heavy atom. The number of benzene rings is 1. The van der Waals surface area contributed by atoms with Gasteiger partial charge >= 0.3 is 5.97 Å². The van der Waals surface area contributed by atoms with Crippen LogP contribution in [0.1, 0.15) is 25.7 Å². The molecule has 6 heteroatoms. The summed E-state index contributed by atoms with van der Waals surface area (Å²) in [5, 5.41) is 0.456. The van der Waals surface area contributed by atoms with E-state index >= 15 is 0 Å². The fourth-order valence-corrected chi connectivity index (χ4v) is 4.75. The van der Waals surface area contributed by atoms with E-state index in [0.29, 0.717) is 30.7 Å². The number of hydrogen-bond acceptors (Lipinski definition) is 4. The second kappa shape index (κ2) is 5.13. The van der Waals surface area contributed by atoms with Crippen LogP contribution in [-0.2, 0) is 19.4 Å². The summed E-state index contributed by atoms with van der Waals surface area (Å²) >= 11 is 5.76. The minimum atomic E-state index is -3.76. The monoisotopic (exact) mass is 302 g/mol. The molecule has 2 rings (SSSR count). The van der Waals surface area contributed by atoms with Gasteiger partial charge in [0.05, 0.1) is 12.0 Å². The van der Waals surface area contributed by atoms with Crippen LogP contribution < -0.4 is 0 Å². The molecule has 1 aromatic rings. The van der Waals surface area contributed by atoms with Gasteiger partial charge in [0.1, 0.15) is 0 Å². The fourth-order valence-electron chi connectivity index (χ4n) is 2.55. The number of carbonyl (C=O) groups excluding carboxylic acids is 1. The maximum atomic E-state index is 12.7. The van der Waals surface area contributed by atoms with Gasteiger partial charge in [0.15, 0.2) is 14.6 Å². The summed E-state index contributed by atoms with van der Waals surface area (Å²) in [5.41, 5.74) is 0. The van der Waals surface area contributed by atoms with E-state index in [-0.39, 0.29) is 4.90 Å². The number of hydrogen-bond donors (Lipinski definition) is 0. The van der Waals surface area contributed by atoms with Crippen molar-refractivity contribution in [3.8, 4) is 0 Å². The molecule has 1 aliphatic rings. The van der Waals surface area contributed by atoms with Crippen molar-refractivity contribution in [1.82, 2.24) is 0 Å². The van der Waals surface area contributed by atoms with E-state index in [9.17, 15) is 13.2 Å². The summed E-state index contributed by atoms with van der Waals surface area (Å²) in [5.74, 6) is -0.667. The number of carbonyl (C=O) groups is 1. The zero-order chi connectivity index (χ0) is 14.1. The lowest BCUT2D eigenvalue weighted by Gasteiger charge is -2.25. The maximum absolute atomic E-state index is 12.7. The maximum Gasteiger partial charge on any atom is 0.327 e. The summed E-state index contributed by atoms with van der Waals surface area (Å²) in [7, 11) is -2.54. The molecule has 0 aromatic heterocycles. The Kier molecular flexibility index (Phi) is 3.87. The molecule has 1 aliphatic carbocycles. The second-order valence-corrected chi connectivity index (χ2v) is 7.35. The van der Waals surface area contributed by atoms with Gasteiger partial charge in [-0.2, -0.15) is 0 Å². The lowest BCUT2D eigenvalue weighted by molar-refractivity contribution is -0.143. The van der Waals surface area contributed by atoms with E-state index in [2.05, 4.69) is 0 Å². The molecule has 1 aromatic carbocycles. The summed E-state index contributed by atoms with van der Waals surface area (Å²) in [6, 6.07) is 5.88. The van der Waals surface area contributed by atoms with Gasteiger partial charge in [-0.1, -0.05) is 24.4 Å². The molecule has 4 nitrogen and oxygen atoms in total. The second-order valence-electron chi connectivity index (χ2n) is 4.65. The summed E-state index contributed by atoms with van der Waals surface area (Å²) < 4.78 is 28.7. The van der Waals surface area contributed by atoms with Crippen LogP contribution in [0, 0.1) is 0 Å². The molecule has 1 fully saturated rings.